The largest absolute Gasteiger partial charge is 0.480 e. The summed E-state index contributed by atoms with van der Waals surface area (Å²) < 4.78 is 52.6. The van der Waals surface area contributed by atoms with Gasteiger partial charge in [-0.25, -0.2) is 27.6 Å². The van der Waals surface area contributed by atoms with Gasteiger partial charge >= 0.3 is 24.1 Å². The first-order chi connectivity index (χ1) is 37.5. The van der Waals surface area contributed by atoms with Gasteiger partial charge in [0.05, 0.1) is 51.8 Å². The van der Waals surface area contributed by atoms with Crippen LogP contribution in [0.4, 0.5) is 34.1 Å². The number of amides is 2. The number of rotatable bonds is 8. The van der Waals surface area contributed by atoms with Crippen molar-refractivity contribution >= 4 is 57.0 Å². The fourth-order valence-electron chi connectivity index (χ4n) is 6.95. The van der Waals surface area contributed by atoms with Crippen LogP contribution in [0.5, 0.6) is 0 Å². The molecule has 3 aromatic carbocycles. The molecule has 0 radical (unpaired) electrons. The van der Waals surface area contributed by atoms with Gasteiger partial charge < -0.3 is 47.5 Å². The Morgan fingerprint density at radius 2 is 1.01 bits per heavy atom. The van der Waals surface area contributed by atoms with Crippen LogP contribution in [0.3, 0.4) is 0 Å². The van der Waals surface area contributed by atoms with E-state index in [1.807, 2.05) is 6.07 Å². The van der Waals surface area contributed by atoms with Gasteiger partial charge in [-0.05, 0) is 164 Å². The van der Waals surface area contributed by atoms with Crippen LogP contribution in [0.15, 0.2) is 150 Å². The van der Waals surface area contributed by atoms with E-state index in [2.05, 4.69) is 25.6 Å². The van der Waals surface area contributed by atoms with Crippen LogP contribution < -0.4 is 39.0 Å². The number of halogens is 3. The Hall–Kier alpha value is -9.64. The molecule has 0 fully saturated rings. The number of aliphatic carboxylic acids is 1. The van der Waals surface area contributed by atoms with Crippen molar-refractivity contribution in [2.75, 3.05) is 11.5 Å². The van der Waals surface area contributed by atoms with Gasteiger partial charge in [-0.15, -0.1) is 0 Å². The van der Waals surface area contributed by atoms with Crippen molar-refractivity contribution in [1.82, 2.24) is 34.7 Å². The molecule has 0 spiro atoms. The summed E-state index contributed by atoms with van der Waals surface area (Å²) in [6, 6.07) is 23.7. The van der Waals surface area contributed by atoms with Gasteiger partial charge in [0.15, 0.2) is 0 Å². The third-order valence-electron chi connectivity index (χ3n) is 10.5. The molecule has 3 atom stereocenters. The predicted octanol–water partition coefficient (Wildman–Crippen LogP) is 9.41. The van der Waals surface area contributed by atoms with Crippen molar-refractivity contribution in [3.63, 3.8) is 0 Å². The van der Waals surface area contributed by atoms with Crippen molar-refractivity contribution in [3.8, 4) is 11.4 Å². The number of aromatic carboxylic acids is 1. The number of hydrogen-bond acceptors (Lipinski definition) is 14. The number of alkyl carbamates (subject to hydrolysis) is 2. The molecule has 0 aliphatic carbocycles. The molecule has 8 rings (SSSR count). The number of nitrogens with zero attached hydrogens (tertiary/aromatic N) is 5. The molecular weight excluding hydrogens is 1040 g/mol. The van der Waals surface area contributed by atoms with E-state index in [1.165, 1.54) is 52.6 Å². The minimum atomic E-state index is -1.22. The van der Waals surface area contributed by atoms with Gasteiger partial charge in [0, 0.05) is 47.9 Å². The van der Waals surface area contributed by atoms with E-state index in [-0.39, 0.29) is 28.2 Å². The number of nitrogen functional groups attached to an aromatic ring is 2. The second kappa shape index (κ2) is 28.1. The van der Waals surface area contributed by atoms with E-state index in [1.54, 1.807) is 141 Å². The van der Waals surface area contributed by atoms with Gasteiger partial charge in [0.2, 0.25) is 0 Å². The van der Waals surface area contributed by atoms with Crippen LogP contribution in [-0.4, -0.2) is 75.7 Å². The average molecular weight is 1110 g/mol. The molecule has 2 amide bonds. The molecule has 0 unspecified atom stereocenters. The smallest absolute Gasteiger partial charge is 0.408 e. The summed E-state index contributed by atoms with van der Waals surface area (Å²) in [6.45, 7) is 15.4. The van der Waals surface area contributed by atoms with Crippen LogP contribution in [0.2, 0.25) is 0 Å². The Morgan fingerprint density at radius 1 is 0.588 bits per heavy atom. The summed E-state index contributed by atoms with van der Waals surface area (Å²) in [4.78, 5) is 81.5. The van der Waals surface area contributed by atoms with Crippen LogP contribution in [0, 0.1) is 17.5 Å². The zero-order valence-electron chi connectivity index (χ0n) is 45.3. The van der Waals surface area contributed by atoms with E-state index in [9.17, 15) is 41.9 Å². The fourth-order valence-corrected chi connectivity index (χ4v) is 6.95. The van der Waals surface area contributed by atoms with Crippen LogP contribution >= 0.6 is 0 Å². The second-order valence-electron chi connectivity index (χ2n) is 19.5. The molecule has 20 nitrogen and oxygen atoms in total. The highest BCUT2D eigenvalue weighted by molar-refractivity contribution is 5.93. The molecule has 80 heavy (non-hydrogen) atoms. The summed E-state index contributed by atoms with van der Waals surface area (Å²) in [6.07, 6.45) is 8.33. The lowest BCUT2D eigenvalue weighted by atomic mass is 10.1. The van der Waals surface area contributed by atoms with Gasteiger partial charge in [0.25, 0.3) is 11.1 Å². The molecule has 10 N–H and O–H groups in total. The van der Waals surface area contributed by atoms with Crippen molar-refractivity contribution < 1.29 is 52.0 Å². The Labute approximate surface area is 458 Å². The third-order valence-corrected chi connectivity index (χ3v) is 10.5. The Kier molecular flexibility index (Phi) is 22.1. The maximum Gasteiger partial charge on any atom is 0.408 e. The molecule has 0 aliphatic rings. The molecule has 8 aromatic rings. The standard InChI is InChI=1S/C21H22FN3O3.C16H14FN3O.C8H15NO4.C7H6FNO2.C5H6N2/c1-13(24-20(27)28-21(2,3)4)18-10-14-7-8-15(22)11-17(14)19(26)25(18)16-6-5-9-23-12-16;1-10(18)15-7-11-4-5-12(17)8-14(11)16(21)20(15)13-3-2-6-19-9-13;1-5(6(10)11)9-7(12)13-8(2,3)4;8-4-1-2-6(9)5(3-4)7(10)11;6-5-2-1-3-7-4-5/h5-13H,1-4H3,(H,24,27);2-10H,18H2,1H3;5H,1-4H3,(H,9,12)(H,10,11);1-3H,9H2,(H,10,11);1-4H,6H2/t13-;10-;5-;;/m000../s1. The fraction of sp³-hybridized carbons (Fsp3) is 0.246. The van der Waals surface area contributed by atoms with Crippen molar-refractivity contribution in [3.05, 3.63) is 195 Å². The summed E-state index contributed by atoms with van der Waals surface area (Å²) >= 11 is 0. The second-order valence-corrected chi connectivity index (χ2v) is 19.5. The molecule has 0 bridgehead atoms. The minimum Gasteiger partial charge on any atom is -0.480 e. The molecule has 422 valence electrons. The molecule has 5 aromatic heterocycles. The number of benzene rings is 3. The maximum absolute atomic E-state index is 13.7. The number of carbonyl (C=O) groups excluding carboxylic acids is 2. The van der Waals surface area contributed by atoms with Gasteiger partial charge in [0.1, 0.15) is 34.7 Å². The number of carboxylic acids is 2. The maximum atomic E-state index is 13.7. The van der Waals surface area contributed by atoms with E-state index in [0.717, 1.165) is 12.1 Å². The number of anilines is 2. The molecule has 0 saturated carbocycles. The average Bonchev–Trinajstić information content (AvgIpc) is 3.37. The van der Waals surface area contributed by atoms with Crippen molar-refractivity contribution in [2.24, 2.45) is 5.73 Å². The molecule has 0 aliphatic heterocycles. The lowest BCUT2D eigenvalue weighted by Crippen LogP contribution is -2.41. The summed E-state index contributed by atoms with van der Waals surface area (Å²) in [5.41, 5.74) is 17.5. The number of nitrogens with two attached hydrogens (primary N) is 3. The Bertz CT molecular complexity index is 3540. The zero-order valence-corrected chi connectivity index (χ0v) is 45.3. The van der Waals surface area contributed by atoms with Crippen molar-refractivity contribution in [2.45, 2.75) is 91.6 Å². The lowest BCUT2D eigenvalue weighted by molar-refractivity contribution is -0.139. The first kappa shape index (κ1) is 62.9. The number of aromatic nitrogens is 5. The highest BCUT2D eigenvalue weighted by atomic mass is 19.1. The molecular formula is C57H63F3N10O10. The first-order valence-electron chi connectivity index (χ1n) is 24.4. The number of carbonyl (C=O) groups is 4. The Morgan fingerprint density at radius 3 is 1.39 bits per heavy atom. The van der Waals surface area contributed by atoms with E-state index >= 15 is 0 Å². The topological polar surface area (TPSA) is 312 Å². The first-order valence-corrected chi connectivity index (χ1v) is 24.4. The van der Waals surface area contributed by atoms with Crippen LogP contribution in [0.25, 0.3) is 32.9 Å². The van der Waals surface area contributed by atoms with Gasteiger partial charge in [-0.1, -0.05) is 12.1 Å². The SMILES string of the molecule is C[C@H](N)c1cc2ccc(F)cc2c(=O)n1-c1cccnc1.C[C@H](NC(=O)OC(C)(C)C)C(=O)O.C[C@H](NC(=O)OC(C)(C)C)c1cc2ccc(F)cc2c(=O)n1-c1cccnc1.Nc1ccc(F)cc1C(=O)O.Nc1cccnc1. The van der Waals surface area contributed by atoms with Crippen LogP contribution in [0.1, 0.15) is 96.1 Å². The van der Waals surface area contributed by atoms with E-state index in [4.69, 9.17) is 36.9 Å². The number of nitrogens with one attached hydrogen (secondary N) is 2. The van der Waals surface area contributed by atoms with Crippen LogP contribution in [-0.2, 0) is 14.3 Å². The molecule has 23 heteroatoms. The predicted molar refractivity (Wildman–Crippen MR) is 298 cm³/mol. The molecule has 5 heterocycles. The number of carboxylic acid groups (broad SMARTS) is 2. The minimum absolute atomic E-state index is 0.0684. The quantitative estimate of drug-likeness (QED) is 0.0697. The van der Waals surface area contributed by atoms with E-state index < -0.39 is 70.4 Å². The highest BCUT2D eigenvalue weighted by Gasteiger charge is 2.23. The van der Waals surface area contributed by atoms with Crippen molar-refractivity contribution in [1.29, 1.82) is 0 Å². The number of pyridine rings is 5. The van der Waals surface area contributed by atoms with Gasteiger partial charge in [-0.3, -0.25) is 38.5 Å². The zero-order chi connectivity index (χ0) is 59.6. The number of fused-ring (bicyclic) bond motifs is 2. The highest BCUT2D eigenvalue weighted by Crippen LogP contribution is 2.23. The monoisotopic (exact) mass is 1100 g/mol. The lowest BCUT2D eigenvalue weighted by Gasteiger charge is -2.24. The summed E-state index contributed by atoms with van der Waals surface area (Å²) in [7, 11) is 0. The van der Waals surface area contributed by atoms with Gasteiger partial charge in [-0.2, -0.15) is 0 Å². The summed E-state index contributed by atoms with van der Waals surface area (Å²) in [5.74, 6) is -3.84. The van der Waals surface area contributed by atoms with E-state index in [0.29, 0.717) is 44.6 Å². The number of hydrogen-bond donors (Lipinski definition) is 7. The Balaban J connectivity index is 0.000000233. The molecule has 0 saturated heterocycles. The third kappa shape index (κ3) is 19.1. The number of ether oxygens (including phenoxy) is 2. The normalized spacial score (nSPS) is 11.9. The summed E-state index contributed by atoms with van der Waals surface area (Å²) in [5, 5.41) is 23.7.